The SMILES string of the molecule is Cc1nc2ccccc2[n-]1.[K+]. The number of fused-ring (bicyclic) bond motifs is 1. The van der Waals surface area contributed by atoms with E-state index in [1.54, 1.807) is 0 Å². The Morgan fingerprint density at radius 1 is 1.27 bits per heavy atom. The maximum atomic E-state index is 4.20. The van der Waals surface area contributed by atoms with Crippen LogP contribution < -0.4 is 56.4 Å². The summed E-state index contributed by atoms with van der Waals surface area (Å²) in [5, 5.41) is 0. The molecule has 0 bridgehead atoms. The molecular formula is C8H7KN2. The van der Waals surface area contributed by atoms with Crippen molar-refractivity contribution in [2.24, 2.45) is 0 Å². The molecule has 11 heavy (non-hydrogen) atoms. The van der Waals surface area contributed by atoms with Gasteiger partial charge < -0.3 is 9.97 Å². The first-order chi connectivity index (χ1) is 4.86. The average Bonchev–Trinajstić information content (AvgIpc) is 2.27. The first kappa shape index (κ1) is 9.41. The van der Waals surface area contributed by atoms with Crippen molar-refractivity contribution in [1.29, 1.82) is 0 Å². The molecule has 1 heterocycles. The van der Waals surface area contributed by atoms with E-state index in [-0.39, 0.29) is 51.4 Å². The van der Waals surface area contributed by atoms with Gasteiger partial charge in [0.1, 0.15) is 0 Å². The van der Waals surface area contributed by atoms with Crippen molar-refractivity contribution < 1.29 is 51.4 Å². The van der Waals surface area contributed by atoms with E-state index in [4.69, 9.17) is 0 Å². The summed E-state index contributed by atoms with van der Waals surface area (Å²) in [5.41, 5.74) is 1.97. The van der Waals surface area contributed by atoms with Gasteiger partial charge in [0.25, 0.3) is 0 Å². The van der Waals surface area contributed by atoms with Crippen LogP contribution in [0.4, 0.5) is 0 Å². The Labute approximate surface area is 108 Å². The smallest absolute Gasteiger partial charge is 0.440 e. The molecule has 0 saturated carbocycles. The molecule has 50 valence electrons. The van der Waals surface area contributed by atoms with Crippen LogP contribution >= 0.6 is 0 Å². The number of benzene rings is 1. The van der Waals surface area contributed by atoms with E-state index in [1.807, 2.05) is 31.2 Å². The van der Waals surface area contributed by atoms with E-state index < -0.39 is 0 Å². The number of hydrogen-bond acceptors (Lipinski definition) is 1. The Hall–Kier alpha value is 0.326. The largest absolute Gasteiger partial charge is 1.00 e. The fourth-order valence-electron chi connectivity index (χ4n) is 1.03. The van der Waals surface area contributed by atoms with Gasteiger partial charge in [-0.05, 0) is 18.0 Å². The van der Waals surface area contributed by atoms with Crippen LogP contribution in [0.2, 0.25) is 0 Å². The second-order valence-electron chi connectivity index (χ2n) is 2.26. The molecule has 1 aromatic heterocycles. The zero-order valence-corrected chi connectivity index (χ0v) is 9.83. The van der Waals surface area contributed by atoms with Crippen LogP contribution in [-0.2, 0) is 0 Å². The molecule has 0 spiro atoms. The molecule has 2 aromatic rings. The molecule has 2 rings (SSSR count). The van der Waals surface area contributed by atoms with Gasteiger partial charge in [-0.1, -0.05) is 30.1 Å². The van der Waals surface area contributed by atoms with Crippen molar-refractivity contribution in [3.63, 3.8) is 0 Å². The Balaban J connectivity index is 0.000000605. The molecule has 0 amide bonds. The number of aryl methyl sites for hydroxylation is 1. The van der Waals surface area contributed by atoms with Crippen LogP contribution in [0.25, 0.3) is 11.0 Å². The van der Waals surface area contributed by atoms with Crippen molar-refractivity contribution in [3.05, 3.63) is 30.1 Å². The fraction of sp³-hybridized carbons (Fsp3) is 0.125. The molecule has 0 aliphatic rings. The summed E-state index contributed by atoms with van der Waals surface area (Å²) in [5.74, 6) is 0.848. The molecule has 0 aliphatic carbocycles. The third-order valence-electron chi connectivity index (χ3n) is 1.45. The molecule has 0 saturated heterocycles. The van der Waals surface area contributed by atoms with E-state index in [0.717, 1.165) is 16.9 Å². The quantitative estimate of drug-likeness (QED) is 0.450. The Morgan fingerprint density at radius 2 is 2.00 bits per heavy atom. The van der Waals surface area contributed by atoms with Crippen molar-refractivity contribution >= 4 is 11.0 Å². The molecule has 0 aliphatic heterocycles. The fourth-order valence-corrected chi connectivity index (χ4v) is 1.03. The Bertz CT molecular complexity index is 321. The minimum Gasteiger partial charge on any atom is -0.440 e. The number of nitrogens with zero attached hydrogens (tertiary/aromatic N) is 2. The number of rotatable bonds is 0. The molecule has 0 atom stereocenters. The van der Waals surface area contributed by atoms with Crippen molar-refractivity contribution in [2.75, 3.05) is 0 Å². The molecule has 0 radical (unpaired) electrons. The Morgan fingerprint density at radius 3 is 2.73 bits per heavy atom. The van der Waals surface area contributed by atoms with Gasteiger partial charge in [-0.2, -0.15) is 0 Å². The van der Waals surface area contributed by atoms with Gasteiger partial charge in [-0.3, -0.25) is 0 Å². The molecule has 0 unspecified atom stereocenters. The van der Waals surface area contributed by atoms with Gasteiger partial charge in [-0.25, -0.2) is 0 Å². The zero-order chi connectivity index (χ0) is 6.97. The van der Waals surface area contributed by atoms with E-state index in [2.05, 4.69) is 9.97 Å². The molecular weight excluding hydrogens is 163 g/mol. The van der Waals surface area contributed by atoms with Crippen molar-refractivity contribution in [3.8, 4) is 0 Å². The van der Waals surface area contributed by atoms with E-state index >= 15 is 0 Å². The molecule has 1 aromatic carbocycles. The second-order valence-corrected chi connectivity index (χ2v) is 2.26. The van der Waals surface area contributed by atoms with E-state index in [1.165, 1.54) is 0 Å². The number of para-hydroxylation sites is 2. The number of aromatic nitrogens is 2. The molecule has 2 nitrogen and oxygen atoms in total. The standard InChI is InChI=1S/C8H7N2.K/c1-6-9-7-4-2-3-5-8(7)10-6;/h2-5H,1H3;/q-1;+1. The summed E-state index contributed by atoms with van der Waals surface area (Å²) >= 11 is 0. The topological polar surface area (TPSA) is 27.0 Å². The zero-order valence-electron chi connectivity index (χ0n) is 6.70. The Kier molecular flexibility index (Phi) is 3.27. The van der Waals surface area contributed by atoms with Crippen LogP contribution in [0.1, 0.15) is 5.82 Å². The summed E-state index contributed by atoms with van der Waals surface area (Å²) in [6.07, 6.45) is 0. The van der Waals surface area contributed by atoms with Crippen LogP contribution in [0.5, 0.6) is 0 Å². The van der Waals surface area contributed by atoms with Crippen molar-refractivity contribution in [2.45, 2.75) is 6.92 Å². The maximum absolute atomic E-state index is 4.20. The van der Waals surface area contributed by atoms with Gasteiger partial charge in [0, 0.05) is 0 Å². The van der Waals surface area contributed by atoms with Crippen LogP contribution in [0.15, 0.2) is 24.3 Å². The van der Waals surface area contributed by atoms with Crippen LogP contribution in [0, 0.1) is 6.92 Å². The molecule has 3 heteroatoms. The normalized spacial score (nSPS) is 9.55. The molecule has 0 fully saturated rings. The van der Waals surface area contributed by atoms with Gasteiger partial charge in [0.05, 0.1) is 0 Å². The second kappa shape index (κ2) is 3.82. The van der Waals surface area contributed by atoms with E-state index in [0.29, 0.717) is 0 Å². The summed E-state index contributed by atoms with van der Waals surface area (Å²) < 4.78 is 0. The monoisotopic (exact) mass is 170 g/mol. The third kappa shape index (κ3) is 1.92. The summed E-state index contributed by atoms with van der Waals surface area (Å²) in [4.78, 5) is 8.40. The van der Waals surface area contributed by atoms with Gasteiger partial charge in [0.15, 0.2) is 0 Å². The maximum Gasteiger partial charge on any atom is 1.00 e. The summed E-state index contributed by atoms with van der Waals surface area (Å²) in [6, 6.07) is 7.87. The van der Waals surface area contributed by atoms with E-state index in [9.17, 15) is 0 Å². The third-order valence-corrected chi connectivity index (χ3v) is 1.45. The molecule has 0 N–H and O–H groups in total. The van der Waals surface area contributed by atoms with Crippen molar-refractivity contribution in [1.82, 2.24) is 9.97 Å². The van der Waals surface area contributed by atoms with Gasteiger partial charge in [0.2, 0.25) is 0 Å². The summed E-state index contributed by atoms with van der Waals surface area (Å²) in [6.45, 7) is 1.90. The first-order valence-corrected chi connectivity index (χ1v) is 3.22. The first-order valence-electron chi connectivity index (χ1n) is 3.22. The summed E-state index contributed by atoms with van der Waals surface area (Å²) in [7, 11) is 0. The predicted octanol–water partition coefficient (Wildman–Crippen LogP) is -1.50. The number of imidazole rings is 1. The number of hydrogen-bond donors (Lipinski definition) is 0. The van der Waals surface area contributed by atoms with Crippen LogP contribution in [0.3, 0.4) is 0 Å². The minimum atomic E-state index is 0. The predicted molar refractivity (Wildman–Crippen MR) is 39.8 cm³/mol. The average molecular weight is 170 g/mol. The van der Waals surface area contributed by atoms with Gasteiger partial charge >= 0.3 is 51.4 Å². The minimum absolute atomic E-state index is 0. The van der Waals surface area contributed by atoms with Gasteiger partial charge in [-0.15, -0.1) is 0 Å². The van der Waals surface area contributed by atoms with Crippen LogP contribution in [-0.4, -0.2) is 4.98 Å².